The van der Waals surface area contributed by atoms with Crippen molar-refractivity contribution in [3.8, 4) is 0 Å². The maximum atomic E-state index is 6.05. The van der Waals surface area contributed by atoms with E-state index in [1.54, 1.807) is 0 Å². The van der Waals surface area contributed by atoms with Crippen LogP contribution < -0.4 is 11.1 Å². The number of likely N-dealkylation sites (tertiary alicyclic amines) is 1. The Bertz CT molecular complexity index is 427. The molecule has 0 saturated carbocycles. The van der Waals surface area contributed by atoms with Gasteiger partial charge >= 0.3 is 0 Å². The third-order valence-electron chi connectivity index (χ3n) is 3.96. The molecule has 1 unspecified atom stereocenters. The van der Waals surface area contributed by atoms with Gasteiger partial charge in [0.25, 0.3) is 0 Å². The zero-order valence-corrected chi connectivity index (χ0v) is 13.6. The molecule has 0 bridgehead atoms. The third kappa shape index (κ3) is 3.50. The topological polar surface area (TPSA) is 41.3 Å². The number of nitrogens with zero attached hydrogens (tertiary/aromatic N) is 1. The molecular formula is C15H24BrN3. The fourth-order valence-electron chi connectivity index (χ4n) is 2.78. The van der Waals surface area contributed by atoms with E-state index < -0.39 is 0 Å². The molecule has 3 N–H and O–H groups in total. The van der Waals surface area contributed by atoms with Crippen molar-refractivity contribution < 1.29 is 0 Å². The van der Waals surface area contributed by atoms with Crippen LogP contribution in [-0.2, 0) is 0 Å². The number of aryl methyl sites for hydroxylation is 1. The molecule has 3 nitrogen and oxygen atoms in total. The molecule has 106 valence electrons. The van der Waals surface area contributed by atoms with Crippen LogP contribution in [0, 0.1) is 6.92 Å². The van der Waals surface area contributed by atoms with E-state index in [1.165, 1.54) is 5.56 Å². The van der Waals surface area contributed by atoms with Gasteiger partial charge in [0.15, 0.2) is 0 Å². The van der Waals surface area contributed by atoms with Crippen LogP contribution in [0.5, 0.6) is 0 Å². The Kier molecular flexibility index (Phi) is 4.54. The van der Waals surface area contributed by atoms with E-state index in [0.717, 1.165) is 29.7 Å². The van der Waals surface area contributed by atoms with Gasteiger partial charge < -0.3 is 11.1 Å². The Balaban J connectivity index is 2.15. The van der Waals surface area contributed by atoms with Crippen LogP contribution in [-0.4, -0.2) is 36.1 Å². The van der Waals surface area contributed by atoms with E-state index in [-0.39, 0.29) is 5.54 Å². The summed E-state index contributed by atoms with van der Waals surface area (Å²) < 4.78 is 1.11. The maximum Gasteiger partial charge on any atom is 0.0634 e. The lowest BCUT2D eigenvalue weighted by atomic mass is 9.98. The molecule has 1 aliphatic heterocycles. The lowest BCUT2D eigenvalue weighted by molar-refractivity contribution is 0.262. The summed E-state index contributed by atoms with van der Waals surface area (Å²) in [6, 6.07) is 7.01. The Hall–Kier alpha value is -0.580. The van der Waals surface area contributed by atoms with Crippen molar-refractivity contribution in [1.82, 2.24) is 4.90 Å². The van der Waals surface area contributed by atoms with Crippen LogP contribution in [0.3, 0.4) is 0 Å². The maximum absolute atomic E-state index is 6.05. The average molecular weight is 326 g/mol. The summed E-state index contributed by atoms with van der Waals surface area (Å²) in [5.41, 5.74) is 8.47. The number of nitrogens with one attached hydrogen (secondary N) is 1. The molecule has 0 amide bonds. The quantitative estimate of drug-likeness (QED) is 0.894. The highest BCUT2D eigenvalue weighted by atomic mass is 79.9. The van der Waals surface area contributed by atoms with Gasteiger partial charge in [0.1, 0.15) is 0 Å². The van der Waals surface area contributed by atoms with Gasteiger partial charge in [-0.3, -0.25) is 4.90 Å². The summed E-state index contributed by atoms with van der Waals surface area (Å²) in [5.74, 6) is 0. The molecule has 1 aromatic carbocycles. The number of anilines is 1. The summed E-state index contributed by atoms with van der Waals surface area (Å²) in [6.45, 7) is 9.41. The smallest absolute Gasteiger partial charge is 0.0634 e. The van der Waals surface area contributed by atoms with Gasteiger partial charge in [-0.05, 0) is 51.0 Å². The summed E-state index contributed by atoms with van der Waals surface area (Å²) in [7, 11) is 0. The van der Waals surface area contributed by atoms with E-state index >= 15 is 0 Å². The minimum atomic E-state index is 0.0114. The van der Waals surface area contributed by atoms with Crippen molar-refractivity contribution in [2.45, 2.75) is 38.8 Å². The van der Waals surface area contributed by atoms with Crippen LogP contribution >= 0.6 is 15.9 Å². The average Bonchev–Trinajstić information content (AvgIpc) is 2.73. The minimum Gasteiger partial charge on any atom is -0.377 e. The van der Waals surface area contributed by atoms with Crippen molar-refractivity contribution >= 4 is 21.6 Å². The van der Waals surface area contributed by atoms with Crippen molar-refractivity contribution in [2.75, 3.05) is 25.0 Å². The first-order valence-electron chi connectivity index (χ1n) is 6.94. The second-order valence-corrected chi connectivity index (χ2v) is 6.86. The predicted octanol–water partition coefficient (Wildman–Crippen LogP) is 2.98. The number of nitrogens with two attached hydrogens (primary N) is 1. The molecule has 1 atom stereocenters. The lowest BCUT2D eigenvalue weighted by Gasteiger charge is -2.31. The van der Waals surface area contributed by atoms with Crippen LogP contribution in [0.15, 0.2) is 22.7 Å². The minimum absolute atomic E-state index is 0.0114. The van der Waals surface area contributed by atoms with Gasteiger partial charge in [0.05, 0.1) is 5.54 Å². The highest BCUT2D eigenvalue weighted by molar-refractivity contribution is 9.10. The van der Waals surface area contributed by atoms with E-state index in [0.29, 0.717) is 12.6 Å². The Morgan fingerprint density at radius 3 is 2.68 bits per heavy atom. The van der Waals surface area contributed by atoms with Crippen molar-refractivity contribution in [1.29, 1.82) is 0 Å². The largest absolute Gasteiger partial charge is 0.377 e. The van der Waals surface area contributed by atoms with Crippen molar-refractivity contribution in [3.05, 3.63) is 28.2 Å². The molecule has 1 heterocycles. The number of halogens is 1. The summed E-state index contributed by atoms with van der Waals surface area (Å²) in [5, 5.41) is 3.67. The van der Waals surface area contributed by atoms with Gasteiger partial charge in [0, 0.05) is 35.8 Å². The molecule has 0 spiro atoms. The van der Waals surface area contributed by atoms with Crippen LogP contribution in [0.1, 0.15) is 25.8 Å². The van der Waals surface area contributed by atoms with Crippen LogP contribution in [0.4, 0.5) is 5.69 Å². The Labute approximate surface area is 124 Å². The molecule has 1 aromatic rings. The monoisotopic (exact) mass is 325 g/mol. The molecule has 2 rings (SSSR count). The van der Waals surface area contributed by atoms with Gasteiger partial charge in [-0.25, -0.2) is 0 Å². The molecular weight excluding hydrogens is 302 g/mol. The number of hydrogen-bond donors (Lipinski definition) is 2. The summed E-state index contributed by atoms with van der Waals surface area (Å²) in [4.78, 5) is 2.49. The fraction of sp³-hybridized carbons (Fsp3) is 0.600. The molecule has 0 aliphatic carbocycles. The van der Waals surface area contributed by atoms with E-state index in [1.807, 2.05) is 0 Å². The predicted molar refractivity (Wildman–Crippen MR) is 85.6 cm³/mol. The normalized spacial score (nSPS) is 24.1. The van der Waals surface area contributed by atoms with E-state index in [2.05, 4.69) is 65.1 Å². The molecule has 19 heavy (non-hydrogen) atoms. The first-order valence-corrected chi connectivity index (χ1v) is 7.73. The highest BCUT2D eigenvalue weighted by Crippen LogP contribution is 2.28. The number of hydrogen-bond acceptors (Lipinski definition) is 3. The lowest BCUT2D eigenvalue weighted by Crippen LogP contribution is -2.48. The van der Waals surface area contributed by atoms with Gasteiger partial charge in [-0.15, -0.1) is 0 Å². The van der Waals surface area contributed by atoms with Gasteiger partial charge in [0.2, 0.25) is 0 Å². The first-order chi connectivity index (χ1) is 8.94. The number of benzene rings is 1. The van der Waals surface area contributed by atoms with Gasteiger partial charge in [-0.2, -0.15) is 0 Å². The Morgan fingerprint density at radius 1 is 1.42 bits per heavy atom. The standard InChI is InChI=1S/C15H24BrN3/c1-11(2)19-5-4-15(9-17,10-19)18-14-7-12(3)6-13(16)8-14/h6-8,11,18H,4-5,9-10,17H2,1-3H3. The van der Waals surface area contributed by atoms with Crippen LogP contribution in [0.2, 0.25) is 0 Å². The highest BCUT2D eigenvalue weighted by Gasteiger charge is 2.37. The summed E-state index contributed by atoms with van der Waals surface area (Å²) >= 11 is 3.56. The zero-order chi connectivity index (χ0) is 14.0. The van der Waals surface area contributed by atoms with Gasteiger partial charge in [-0.1, -0.05) is 15.9 Å². The number of rotatable bonds is 4. The molecule has 1 saturated heterocycles. The van der Waals surface area contributed by atoms with E-state index in [4.69, 9.17) is 5.73 Å². The van der Waals surface area contributed by atoms with Crippen molar-refractivity contribution in [3.63, 3.8) is 0 Å². The SMILES string of the molecule is Cc1cc(Br)cc(NC2(CN)CCN(C(C)C)C2)c1. The molecule has 1 fully saturated rings. The third-order valence-corrected chi connectivity index (χ3v) is 4.41. The molecule has 4 heteroatoms. The fourth-order valence-corrected chi connectivity index (χ4v) is 3.39. The molecule has 0 aromatic heterocycles. The van der Waals surface area contributed by atoms with E-state index in [9.17, 15) is 0 Å². The van der Waals surface area contributed by atoms with Crippen molar-refractivity contribution in [2.24, 2.45) is 5.73 Å². The molecule has 0 radical (unpaired) electrons. The zero-order valence-electron chi connectivity index (χ0n) is 12.0. The Morgan fingerprint density at radius 2 is 2.16 bits per heavy atom. The summed E-state index contributed by atoms with van der Waals surface area (Å²) in [6.07, 6.45) is 1.10. The van der Waals surface area contributed by atoms with Crippen LogP contribution in [0.25, 0.3) is 0 Å². The second-order valence-electron chi connectivity index (χ2n) is 5.94. The second kappa shape index (κ2) is 5.81. The molecule has 1 aliphatic rings. The first kappa shape index (κ1) is 14.8.